The minimum absolute atomic E-state index is 0.558. The molecule has 0 unspecified atom stereocenters. The predicted octanol–water partition coefficient (Wildman–Crippen LogP) is 3.31. The highest BCUT2D eigenvalue weighted by atomic mass is 32.1. The minimum Gasteiger partial charge on any atom is -0.478 e. The summed E-state index contributed by atoms with van der Waals surface area (Å²) in [4.78, 5) is 27.9. The van der Waals surface area contributed by atoms with Crippen molar-refractivity contribution in [2.45, 2.75) is 26.7 Å². The first kappa shape index (κ1) is 20.8. The van der Waals surface area contributed by atoms with E-state index >= 15 is 0 Å². The Balaban J connectivity index is 0.000000279. The number of aromatic nitrogens is 1. The van der Waals surface area contributed by atoms with Crippen LogP contribution in [0.3, 0.4) is 0 Å². The molecule has 1 aromatic carbocycles. The fraction of sp³-hybridized carbons (Fsp3) is 0.350. The maximum Gasteiger partial charge on any atom is 0.328 e. The molecule has 1 aliphatic rings. The van der Waals surface area contributed by atoms with Gasteiger partial charge in [0.25, 0.3) is 0 Å². The Hall–Kier alpha value is -2.51. The number of carbonyl (C=O) groups is 2. The summed E-state index contributed by atoms with van der Waals surface area (Å²) in [7, 11) is 0. The molecule has 0 saturated heterocycles. The zero-order valence-electron chi connectivity index (χ0n) is 15.5. The molecule has 144 valence electrons. The number of fused-ring (bicyclic) bond motifs is 3. The van der Waals surface area contributed by atoms with Gasteiger partial charge < -0.3 is 15.1 Å². The van der Waals surface area contributed by atoms with E-state index < -0.39 is 11.9 Å². The van der Waals surface area contributed by atoms with E-state index in [9.17, 15) is 9.59 Å². The molecule has 2 aromatic rings. The Morgan fingerprint density at radius 3 is 2.37 bits per heavy atom. The number of carboxylic acid groups (broad SMARTS) is 2. The molecule has 6 nitrogen and oxygen atoms in total. The zero-order chi connectivity index (χ0) is 19.8. The lowest BCUT2D eigenvalue weighted by atomic mass is 10.1. The van der Waals surface area contributed by atoms with Crippen LogP contribution in [0.2, 0.25) is 0 Å². The molecule has 2 N–H and O–H groups in total. The molecule has 0 aliphatic heterocycles. The molecule has 0 radical (unpaired) electrons. The minimum atomic E-state index is -1.26. The van der Waals surface area contributed by atoms with Gasteiger partial charge in [-0.25, -0.2) is 14.6 Å². The lowest BCUT2D eigenvalue weighted by Gasteiger charge is -2.16. The Kier molecular flexibility index (Phi) is 7.69. The second kappa shape index (κ2) is 9.99. The molecular weight excluding hydrogens is 364 g/mol. The van der Waals surface area contributed by atoms with E-state index in [0.717, 1.165) is 32.5 Å². The van der Waals surface area contributed by atoms with Crippen LogP contribution < -0.4 is 0 Å². The topological polar surface area (TPSA) is 90.7 Å². The third-order valence-corrected chi connectivity index (χ3v) is 5.39. The summed E-state index contributed by atoms with van der Waals surface area (Å²) in [6, 6.07) is 8.66. The molecule has 7 heteroatoms. The molecule has 1 aliphatic carbocycles. The number of rotatable bonds is 7. The third kappa shape index (κ3) is 6.01. The highest BCUT2D eigenvalue weighted by molar-refractivity contribution is 7.12. The van der Waals surface area contributed by atoms with Crippen LogP contribution in [0.25, 0.3) is 11.3 Å². The Morgan fingerprint density at radius 1 is 1.15 bits per heavy atom. The fourth-order valence-corrected chi connectivity index (χ4v) is 3.95. The Labute approximate surface area is 162 Å². The fourth-order valence-electron chi connectivity index (χ4n) is 2.85. The van der Waals surface area contributed by atoms with Crippen LogP contribution in [0.4, 0.5) is 0 Å². The number of thiazole rings is 1. The summed E-state index contributed by atoms with van der Waals surface area (Å²) in [6.45, 7) is 7.83. The molecule has 0 bridgehead atoms. The molecule has 1 aromatic heterocycles. The summed E-state index contributed by atoms with van der Waals surface area (Å²) < 4.78 is 0. The zero-order valence-corrected chi connectivity index (χ0v) is 16.3. The van der Waals surface area contributed by atoms with Crippen molar-refractivity contribution in [2.75, 3.05) is 19.6 Å². The molecular formula is C20H24N2O4S. The molecule has 0 saturated carbocycles. The van der Waals surface area contributed by atoms with Crippen molar-refractivity contribution >= 4 is 23.3 Å². The van der Waals surface area contributed by atoms with Gasteiger partial charge in [0, 0.05) is 42.0 Å². The van der Waals surface area contributed by atoms with Gasteiger partial charge in [0.15, 0.2) is 0 Å². The van der Waals surface area contributed by atoms with Crippen molar-refractivity contribution in [2.24, 2.45) is 0 Å². The van der Waals surface area contributed by atoms with E-state index in [-0.39, 0.29) is 0 Å². The molecule has 0 atom stereocenters. The van der Waals surface area contributed by atoms with Gasteiger partial charge in [-0.05, 0) is 18.7 Å². The quantitative estimate of drug-likeness (QED) is 0.604. The van der Waals surface area contributed by atoms with Crippen LogP contribution >= 0.6 is 11.3 Å². The van der Waals surface area contributed by atoms with Crippen molar-refractivity contribution in [1.82, 2.24) is 9.88 Å². The van der Waals surface area contributed by atoms with Crippen molar-refractivity contribution in [3.05, 3.63) is 51.9 Å². The average molecular weight is 388 g/mol. The molecule has 0 amide bonds. The van der Waals surface area contributed by atoms with Crippen molar-refractivity contribution in [3.8, 4) is 11.3 Å². The number of aliphatic carboxylic acids is 2. The van der Waals surface area contributed by atoms with E-state index in [2.05, 4.69) is 43.0 Å². The van der Waals surface area contributed by atoms with Crippen molar-refractivity contribution in [3.63, 3.8) is 0 Å². The van der Waals surface area contributed by atoms with E-state index in [1.807, 2.05) is 11.3 Å². The SMILES string of the molecule is CCN(CC)CCc1nc2c(s1)Cc1ccccc1-2.O=C(O)C=CC(=O)O. The second-order valence-corrected chi connectivity index (χ2v) is 7.17. The first-order valence-corrected chi connectivity index (χ1v) is 9.69. The normalized spacial score (nSPS) is 11.8. The van der Waals surface area contributed by atoms with Crippen molar-refractivity contribution < 1.29 is 19.8 Å². The molecule has 1 heterocycles. The van der Waals surface area contributed by atoms with E-state index in [1.54, 1.807) is 0 Å². The van der Waals surface area contributed by atoms with Gasteiger partial charge in [-0.15, -0.1) is 11.3 Å². The number of hydrogen-bond acceptors (Lipinski definition) is 5. The molecule has 27 heavy (non-hydrogen) atoms. The second-order valence-electron chi connectivity index (χ2n) is 6.00. The number of carboxylic acids is 2. The summed E-state index contributed by atoms with van der Waals surface area (Å²) in [5.74, 6) is -2.51. The smallest absolute Gasteiger partial charge is 0.328 e. The molecule has 3 rings (SSSR count). The van der Waals surface area contributed by atoms with Crippen LogP contribution in [0, 0.1) is 0 Å². The van der Waals surface area contributed by atoms with Gasteiger partial charge in [0.2, 0.25) is 0 Å². The monoisotopic (exact) mass is 388 g/mol. The van der Waals surface area contributed by atoms with Gasteiger partial charge in [-0.2, -0.15) is 0 Å². The maximum absolute atomic E-state index is 9.55. The largest absolute Gasteiger partial charge is 0.478 e. The average Bonchev–Trinajstić information content (AvgIpc) is 3.19. The molecule has 0 spiro atoms. The maximum atomic E-state index is 9.55. The lowest BCUT2D eigenvalue weighted by Crippen LogP contribution is -2.25. The standard InChI is InChI=1S/C16H20N2S.C4H4O4/c1-3-18(4-2)10-9-15-17-16-13-8-6-5-7-12(13)11-14(16)19-15;5-3(6)1-2-4(7)8/h5-8H,3-4,9-11H2,1-2H3;1-2H,(H,5,6)(H,7,8). The first-order valence-electron chi connectivity index (χ1n) is 8.87. The van der Waals surface area contributed by atoms with Crippen LogP contribution in [-0.2, 0) is 22.4 Å². The van der Waals surface area contributed by atoms with Crippen LogP contribution in [0.15, 0.2) is 36.4 Å². The van der Waals surface area contributed by atoms with Gasteiger partial charge in [-0.1, -0.05) is 38.1 Å². The summed E-state index contributed by atoms with van der Waals surface area (Å²) in [5, 5.41) is 16.9. The predicted molar refractivity (Wildman–Crippen MR) is 106 cm³/mol. The Bertz CT molecular complexity index is 809. The van der Waals surface area contributed by atoms with Gasteiger partial charge in [0.05, 0.1) is 10.7 Å². The van der Waals surface area contributed by atoms with Crippen LogP contribution in [-0.4, -0.2) is 51.7 Å². The van der Waals surface area contributed by atoms with Gasteiger partial charge >= 0.3 is 11.9 Å². The highest BCUT2D eigenvalue weighted by Crippen LogP contribution is 2.39. The highest BCUT2D eigenvalue weighted by Gasteiger charge is 2.22. The van der Waals surface area contributed by atoms with E-state index in [1.165, 1.54) is 26.7 Å². The summed E-state index contributed by atoms with van der Waals surface area (Å²) in [5.41, 5.74) is 4.03. The van der Waals surface area contributed by atoms with E-state index in [4.69, 9.17) is 15.2 Å². The third-order valence-electron chi connectivity index (χ3n) is 4.27. The number of likely N-dealkylation sites (N-methyl/N-ethyl adjacent to an activating group) is 1. The van der Waals surface area contributed by atoms with Crippen LogP contribution in [0.1, 0.15) is 29.3 Å². The van der Waals surface area contributed by atoms with Crippen molar-refractivity contribution in [1.29, 1.82) is 0 Å². The van der Waals surface area contributed by atoms with Gasteiger partial charge in [-0.3, -0.25) is 0 Å². The molecule has 0 fully saturated rings. The Morgan fingerprint density at radius 2 is 1.78 bits per heavy atom. The number of hydrogen-bond donors (Lipinski definition) is 2. The van der Waals surface area contributed by atoms with E-state index in [0.29, 0.717) is 12.2 Å². The van der Waals surface area contributed by atoms with Crippen LogP contribution in [0.5, 0.6) is 0 Å². The number of benzene rings is 1. The summed E-state index contributed by atoms with van der Waals surface area (Å²) >= 11 is 1.90. The van der Waals surface area contributed by atoms with Gasteiger partial charge in [0.1, 0.15) is 0 Å². The summed E-state index contributed by atoms with van der Waals surface area (Å²) in [6.07, 6.45) is 3.28. The lowest BCUT2D eigenvalue weighted by molar-refractivity contribution is -0.134. The number of nitrogens with zero attached hydrogens (tertiary/aromatic N) is 2. The first-order chi connectivity index (χ1) is 12.9.